The number of aromatic hydroxyl groups is 1. The number of rotatable bonds is 6. The van der Waals surface area contributed by atoms with Gasteiger partial charge in [0, 0.05) is 11.8 Å². The van der Waals surface area contributed by atoms with Gasteiger partial charge in [0.2, 0.25) is 0 Å². The van der Waals surface area contributed by atoms with E-state index in [0.29, 0.717) is 29.5 Å². The second kappa shape index (κ2) is 9.62. The first kappa shape index (κ1) is 24.0. The van der Waals surface area contributed by atoms with Crippen LogP contribution in [-0.4, -0.2) is 33.5 Å². The first-order chi connectivity index (χ1) is 16.7. The molecule has 3 aromatic rings. The Labute approximate surface area is 204 Å². The maximum atomic E-state index is 13.3. The zero-order chi connectivity index (χ0) is 25.3. The average Bonchev–Trinajstić information content (AvgIpc) is 3.10. The molecule has 7 nitrogen and oxygen atoms in total. The van der Waals surface area contributed by atoms with E-state index in [2.05, 4.69) is 18.8 Å². The SMILES string of the molecule is Cc1ccc(O)c(N2C(=O)C(=O)/C(=C(\O)c3ccc(OCC(C)C)c(C)c3)C2c2ccccn2)c1. The summed E-state index contributed by atoms with van der Waals surface area (Å²) in [6, 6.07) is 14.0. The summed E-state index contributed by atoms with van der Waals surface area (Å²) in [5.74, 6) is -1.13. The quantitative estimate of drug-likeness (QED) is 0.295. The number of ketones is 1. The van der Waals surface area contributed by atoms with Crippen LogP contribution >= 0.6 is 0 Å². The number of benzene rings is 2. The number of aromatic nitrogens is 1. The number of hydrogen-bond acceptors (Lipinski definition) is 6. The van der Waals surface area contributed by atoms with Crippen molar-refractivity contribution in [2.75, 3.05) is 11.5 Å². The maximum absolute atomic E-state index is 13.3. The van der Waals surface area contributed by atoms with Gasteiger partial charge in [-0.2, -0.15) is 0 Å². The number of phenols is 1. The normalized spacial score (nSPS) is 17.3. The highest BCUT2D eigenvalue weighted by molar-refractivity contribution is 6.51. The van der Waals surface area contributed by atoms with Gasteiger partial charge in [0.15, 0.2) is 0 Å². The van der Waals surface area contributed by atoms with Crippen LogP contribution in [0.25, 0.3) is 5.76 Å². The van der Waals surface area contributed by atoms with Gasteiger partial charge in [-0.1, -0.05) is 26.0 Å². The van der Waals surface area contributed by atoms with Gasteiger partial charge in [0.25, 0.3) is 11.7 Å². The average molecular weight is 473 g/mol. The second-order valence-electron chi connectivity index (χ2n) is 9.10. The van der Waals surface area contributed by atoms with Crippen LogP contribution in [0.5, 0.6) is 11.5 Å². The Morgan fingerprint density at radius 2 is 1.86 bits per heavy atom. The van der Waals surface area contributed by atoms with Crippen LogP contribution in [-0.2, 0) is 9.59 Å². The molecule has 35 heavy (non-hydrogen) atoms. The van der Waals surface area contributed by atoms with Crippen LogP contribution in [0.3, 0.4) is 0 Å². The lowest BCUT2D eigenvalue weighted by Crippen LogP contribution is -2.30. The summed E-state index contributed by atoms with van der Waals surface area (Å²) < 4.78 is 5.82. The third-order valence-corrected chi connectivity index (χ3v) is 5.82. The fourth-order valence-electron chi connectivity index (χ4n) is 4.10. The molecule has 1 unspecified atom stereocenters. The molecule has 2 heterocycles. The third-order valence-electron chi connectivity index (χ3n) is 5.82. The number of hydrogen-bond donors (Lipinski definition) is 2. The highest BCUT2D eigenvalue weighted by Crippen LogP contribution is 2.44. The van der Waals surface area contributed by atoms with Crippen LogP contribution in [0.2, 0.25) is 0 Å². The van der Waals surface area contributed by atoms with Gasteiger partial charge in [0.1, 0.15) is 23.3 Å². The molecule has 7 heteroatoms. The molecule has 1 amide bonds. The van der Waals surface area contributed by atoms with Crippen LogP contribution < -0.4 is 9.64 Å². The van der Waals surface area contributed by atoms with Crippen LogP contribution in [0, 0.1) is 19.8 Å². The van der Waals surface area contributed by atoms with Crippen LogP contribution in [0.4, 0.5) is 5.69 Å². The molecule has 2 aromatic carbocycles. The van der Waals surface area contributed by atoms with Gasteiger partial charge in [-0.15, -0.1) is 0 Å². The van der Waals surface area contributed by atoms with Crippen molar-refractivity contribution < 1.29 is 24.5 Å². The summed E-state index contributed by atoms with van der Waals surface area (Å²) in [5.41, 5.74) is 2.44. The Morgan fingerprint density at radius 1 is 1.09 bits per heavy atom. The summed E-state index contributed by atoms with van der Waals surface area (Å²) >= 11 is 0. The molecule has 0 radical (unpaired) electrons. The lowest BCUT2D eigenvalue weighted by atomic mass is 9.97. The van der Waals surface area contributed by atoms with Crippen molar-refractivity contribution in [3.05, 3.63) is 88.8 Å². The molecule has 2 N–H and O–H groups in total. The number of phenolic OH excluding ortho intramolecular Hbond substituents is 1. The van der Waals surface area contributed by atoms with Crippen LogP contribution in [0.1, 0.15) is 42.3 Å². The van der Waals surface area contributed by atoms with E-state index in [4.69, 9.17) is 4.74 Å². The van der Waals surface area contributed by atoms with E-state index < -0.39 is 17.7 Å². The lowest BCUT2D eigenvalue weighted by molar-refractivity contribution is -0.132. The summed E-state index contributed by atoms with van der Waals surface area (Å²) in [5, 5.41) is 21.9. The summed E-state index contributed by atoms with van der Waals surface area (Å²) in [6.45, 7) is 8.33. The van der Waals surface area contributed by atoms with Gasteiger partial charge < -0.3 is 14.9 Å². The first-order valence-corrected chi connectivity index (χ1v) is 11.4. The van der Waals surface area contributed by atoms with E-state index in [9.17, 15) is 19.8 Å². The number of nitrogens with zero attached hydrogens (tertiary/aromatic N) is 2. The predicted molar refractivity (Wildman–Crippen MR) is 133 cm³/mol. The van der Waals surface area contributed by atoms with Gasteiger partial charge in [-0.3, -0.25) is 19.5 Å². The van der Waals surface area contributed by atoms with Crippen molar-refractivity contribution >= 4 is 23.1 Å². The standard InChI is InChI=1S/C28H28N2O5/c1-16(2)15-35-23-11-9-19(14-18(23)4)26(32)24-25(20-7-5-6-12-29-20)30(28(34)27(24)33)21-13-17(3)8-10-22(21)31/h5-14,16,25,31-32H,15H2,1-4H3/b26-24-. The molecule has 0 bridgehead atoms. The molecular weight excluding hydrogens is 444 g/mol. The molecular formula is C28H28N2O5. The maximum Gasteiger partial charge on any atom is 0.300 e. The van der Waals surface area contributed by atoms with E-state index in [1.54, 1.807) is 54.7 Å². The number of aryl methyl sites for hydroxylation is 2. The molecule has 0 aliphatic carbocycles. The smallest absolute Gasteiger partial charge is 0.300 e. The number of aliphatic hydroxyl groups excluding tert-OH is 1. The third kappa shape index (κ3) is 4.62. The largest absolute Gasteiger partial charge is 0.507 e. The molecule has 0 saturated carbocycles. The number of Topliss-reactive ketones (excluding diaryl/α,β-unsaturated/α-hetero) is 1. The molecule has 1 saturated heterocycles. The Kier molecular flexibility index (Phi) is 6.60. The Bertz CT molecular complexity index is 1310. The summed E-state index contributed by atoms with van der Waals surface area (Å²) in [7, 11) is 0. The molecule has 0 spiro atoms. The molecule has 4 rings (SSSR count). The number of amides is 1. The number of aliphatic hydroxyl groups is 1. The monoisotopic (exact) mass is 472 g/mol. The minimum absolute atomic E-state index is 0.0927. The van der Waals surface area contributed by atoms with Crippen molar-refractivity contribution in [2.24, 2.45) is 5.92 Å². The van der Waals surface area contributed by atoms with Gasteiger partial charge in [0.05, 0.1) is 23.6 Å². The summed E-state index contributed by atoms with van der Waals surface area (Å²) in [4.78, 5) is 32.1. The predicted octanol–water partition coefficient (Wildman–Crippen LogP) is 5.07. The fourth-order valence-corrected chi connectivity index (χ4v) is 4.10. The van der Waals surface area contributed by atoms with Crippen molar-refractivity contribution in [1.82, 2.24) is 4.98 Å². The molecule has 1 fully saturated rings. The number of carbonyl (C=O) groups is 2. The number of pyridine rings is 1. The van der Waals surface area contributed by atoms with Crippen molar-refractivity contribution in [1.29, 1.82) is 0 Å². The Morgan fingerprint density at radius 3 is 2.51 bits per heavy atom. The van der Waals surface area contributed by atoms with E-state index in [0.717, 1.165) is 11.1 Å². The summed E-state index contributed by atoms with van der Waals surface area (Å²) in [6.07, 6.45) is 1.55. The molecule has 1 atom stereocenters. The fraction of sp³-hybridized carbons (Fsp3) is 0.250. The van der Waals surface area contributed by atoms with Crippen molar-refractivity contribution in [3.63, 3.8) is 0 Å². The van der Waals surface area contributed by atoms with Crippen molar-refractivity contribution in [2.45, 2.75) is 33.7 Å². The number of carbonyl (C=O) groups excluding carboxylic acids is 2. The lowest BCUT2D eigenvalue weighted by Gasteiger charge is -2.25. The van der Waals surface area contributed by atoms with E-state index in [1.807, 2.05) is 13.8 Å². The Balaban J connectivity index is 1.86. The minimum atomic E-state index is -1.01. The minimum Gasteiger partial charge on any atom is -0.507 e. The van der Waals surface area contributed by atoms with E-state index >= 15 is 0 Å². The van der Waals surface area contributed by atoms with Crippen molar-refractivity contribution in [3.8, 4) is 11.5 Å². The van der Waals surface area contributed by atoms with E-state index in [1.165, 1.54) is 11.0 Å². The zero-order valence-corrected chi connectivity index (χ0v) is 20.1. The highest BCUT2D eigenvalue weighted by atomic mass is 16.5. The van der Waals surface area contributed by atoms with Gasteiger partial charge >= 0.3 is 0 Å². The number of ether oxygens (including phenoxy) is 1. The van der Waals surface area contributed by atoms with Gasteiger partial charge in [-0.25, -0.2) is 0 Å². The van der Waals surface area contributed by atoms with Gasteiger partial charge in [-0.05, 0) is 73.4 Å². The molecule has 1 aliphatic rings. The molecule has 1 aromatic heterocycles. The Hall–Kier alpha value is -4.13. The van der Waals surface area contributed by atoms with E-state index in [-0.39, 0.29) is 22.8 Å². The molecule has 1 aliphatic heterocycles. The number of anilines is 1. The first-order valence-electron chi connectivity index (χ1n) is 11.4. The topological polar surface area (TPSA) is 100.0 Å². The second-order valence-corrected chi connectivity index (χ2v) is 9.10. The zero-order valence-electron chi connectivity index (χ0n) is 20.1. The van der Waals surface area contributed by atoms with Crippen LogP contribution in [0.15, 0.2) is 66.4 Å². The highest BCUT2D eigenvalue weighted by Gasteiger charge is 2.48. The molecule has 180 valence electrons.